The SMILES string of the molecule is CCCCCCCCCCCCCCCCCC[N+](C)(N)Cc1ccccc1.[Cl-]. The van der Waals surface area contributed by atoms with E-state index in [9.17, 15) is 0 Å². The lowest BCUT2D eigenvalue weighted by atomic mass is 10.0. The van der Waals surface area contributed by atoms with E-state index >= 15 is 0 Å². The van der Waals surface area contributed by atoms with E-state index in [-0.39, 0.29) is 12.4 Å². The van der Waals surface area contributed by atoms with Crippen molar-refractivity contribution in [2.24, 2.45) is 5.84 Å². The lowest BCUT2D eigenvalue weighted by Crippen LogP contribution is -3.00. The van der Waals surface area contributed by atoms with Gasteiger partial charge in [0.2, 0.25) is 0 Å². The maximum Gasteiger partial charge on any atom is 0.121 e. The summed E-state index contributed by atoms with van der Waals surface area (Å²) in [5.74, 6) is 6.45. The number of unbranched alkanes of at least 4 members (excludes halogenated alkanes) is 15. The molecule has 0 saturated heterocycles. The molecule has 1 rings (SSSR count). The monoisotopic (exact) mass is 424 g/mol. The second kappa shape index (κ2) is 19.4. The van der Waals surface area contributed by atoms with E-state index in [2.05, 4.69) is 44.3 Å². The Morgan fingerprint density at radius 1 is 0.621 bits per heavy atom. The van der Waals surface area contributed by atoms with Crippen molar-refractivity contribution in [3.63, 3.8) is 0 Å². The highest BCUT2D eigenvalue weighted by Gasteiger charge is 2.16. The number of hydrogen-bond acceptors (Lipinski definition) is 1. The largest absolute Gasteiger partial charge is 1.00 e. The highest BCUT2D eigenvalue weighted by molar-refractivity contribution is 5.13. The molecule has 0 radical (unpaired) electrons. The van der Waals surface area contributed by atoms with Crippen LogP contribution in [-0.4, -0.2) is 18.2 Å². The minimum atomic E-state index is 0. The summed E-state index contributed by atoms with van der Waals surface area (Å²) in [6.07, 6.45) is 22.7. The fourth-order valence-corrected chi connectivity index (χ4v) is 4.10. The molecule has 29 heavy (non-hydrogen) atoms. The maximum atomic E-state index is 6.45. The van der Waals surface area contributed by atoms with Gasteiger partial charge >= 0.3 is 0 Å². The second-order valence-electron chi connectivity index (χ2n) is 9.15. The van der Waals surface area contributed by atoms with Crippen molar-refractivity contribution in [3.8, 4) is 0 Å². The van der Waals surface area contributed by atoms with E-state index in [1.165, 1.54) is 108 Å². The van der Waals surface area contributed by atoms with Crippen LogP contribution in [0.4, 0.5) is 0 Å². The molecule has 0 aliphatic carbocycles. The van der Waals surface area contributed by atoms with Gasteiger partial charge in [-0.15, -0.1) is 0 Å². The Hall–Kier alpha value is -0.570. The fourth-order valence-electron chi connectivity index (χ4n) is 4.10. The Balaban J connectivity index is 0.00000784. The highest BCUT2D eigenvalue weighted by atomic mass is 35.5. The van der Waals surface area contributed by atoms with Crippen molar-refractivity contribution in [1.29, 1.82) is 0 Å². The van der Waals surface area contributed by atoms with Crippen molar-refractivity contribution in [2.75, 3.05) is 13.6 Å². The van der Waals surface area contributed by atoms with E-state index in [0.717, 1.165) is 13.1 Å². The minimum Gasteiger partial charge on any atom is -1.00 e. The molecule has 0 aromatic heterocycles. The normalized spacial score (nSPS) is 13.1. The Labute approximate surface area is 188 Å². The number of nitrogens with two attached hydrogens (primary N) is 1. The first kappa shape index (κ1) is 28.4. The number of quaternary nitrogens is 1. The predicted molar refractivity (Wildman–Crippen MR) is 125 cm³/mol. The molecule has 0 bridgehead atoms. The average Bonchev–Trinajstić information content (AvgIpc) is 2.68. The summed E-state index contributed by atoms with van der Waals surface area (Å²) >= 11 is 0. The first-order valence-corrected chi connectivity index (χ1v) is 12.3. The van der Waals surface area contributed by atoms with Crippen LogP contribution in [0.1, 0.15) is 115 Å². The first-order chi connectivity index (χ1) is 13.6. The lowest BCUT2D eigenvalue weighted by Gasteiger charge is -2.28. The smallest absolute Gasteiger partial charge is 0.121 e. The molecule has 0 fully saturated rings. The van der Waals surface area contributed by atoms with Crippen LogP contribution in [0.3, 0.4) is 0 Å². The molecule has 0 amide bonds. The molecule has 2 nitrogen and oxygen atoms in total. The number of hydrogen-bond donors (Lipinski definition) is 1. The van der Waals surface area contributed by atoms with Gasteiger partial charge in [-0.25, -0.2) is 4.59 Å². The molecule has 170 valence electrons. The van der Waals surface area contributed by atoms with Crippen molar-refractivity contribution in [3.05, 3.63) is 35.9 Å². The zero-order chi connectivity index (χ0) is 20.3. The van der Waals surface area contributed by atoms with Crippen molar-refractivity contribution in [2.45, 2.75) is 116 Å². The molecule has 3 heteroatoms. The van der Waals surface area contributed by atoms with Gasteiger partial charge in [-0.3, -0.25) is 0 Å². The summed E-state index contributed by atoms with van der Waals surface area (Å²) in [5, 5.41) is 0. The Bertz CT molecular complexity index is 447. The summed E-state index contributed by atoms with van der Waals surface area (Å²) in [4.78, 5) is 0. The standard InChI is InChI=1S/C26H49N2.ClH/c1-3-4-5-6-7-8-9-10-11-12-13-14-15-16-17-21-24-28(2,27)25-26-22-19-18-20-23-26;/h18-20,22-23H,3-17,21,24-25,27H2,1-2H3;1H/q+1;/p-1. The van der Waals surface area contributed by atoms with Crippen LogP contribution >= 0.6 is 0 Å². The van der Waals surface area contributed by atoms with Crippen LogP contribution in [0.2, 0.25) is 0 Å². The van der Waals surface area contributed by atoms with E-state index in [4.69, 9.17) is 5.84 Å². The van der Waals surface area contributed by atoms with E-state index < -0.39 is 0 Å². The summed E-state index contributed by atoms with van der Waals surface area (Å²) in [6.45, 7) is 4.30. The van der Waals surface area contributed by atoms with Crippen molar-refractivity contribution in [1.82, 2.24) is 0 Å². The van der Waals surface area contributed by atoms with Crippen LogP contribution in [-0.2, 0) is 6.54 Å². The number of rotatable bonds is 19. The highest BCUT2D eigenvalue weighted by Crippen LogP contribution is 2.14. The third-order valence-electron chi connectivity index (χ3n) is 5.91. The molecule has 1 aromatic rings. The number of benzene rings is 1. The van der Waals surface area contributed by atoms with E-state index in [1.807, 2.05) is 0 Å². The molecular formula is C26H49ClN2. The lowest BCUT2D eigenvalue weighted by molar-refractivity contribution is -0.934. The minimum absolute atomic E-state index is 0. The predicted octanol–water partition coefficient (Wildman–Crippen LogP) is 4.77. The summed E-state index contributed by atoms with van der Waals surface area (Å²) in [6, 6.07) is 10.6. The molecule has 0 heterocycles. The van der Waals surface area contributed by atoms with Gasteiger partial charge in [0.15, 0.2) is 0 Å². The molecule has 1 unspecified atom stereocenters. The quantitative estimate of drug-likeness (QED) is 0.147. The molecule has 0 aliphatic heterocycles. The van der Waals surface area contributed by atoms with Gasteiger partial charge in [0.05, 0.1) is 13.6 Å². The van der Waals surface area contributed by atoms with E-state index in [1.54, 1.807) is 0 Å². The van der Waals surface area contributed by atoms with Crippen LogP contribution in [0.15, 0.2) is 30.3 Å². The second-order valence-corrected chi connectivity index (χ2v) is 9.15. The Kier molecular flexibility index (Phi) is 19.0. The van der Waals surface area contributed by atoms with Crippen LogP contribution in [0, 0.1) is 0 Å². The first-order valence-electron chi connectivity index (χ1n) is 12.3. The maximum absolute atomic E-state index is 6.45. The van der Waals surface area contributed by atoms with Gasteiger partial charge < -0.3 is 12.4 Å². The Morgan fingerprint density at radius 2 is 1.00 bits per heavy atom. The average molecular weight is 425 g/mol. The third kappa shape index (κ3) is 18.0. The van der Waals surface area contributed by atoms with E-state index in [0.29, 0.717) is 4.59 Å². The fraction of sp³-hybridized carbons (Fsp3) is 0.769. The zero-order valence-corrected chi connectivity index (χ0v) is 20.3. The molecule has 0 aliphatic rings. The molecule has 1 atom stereocenters. The Morgan fingerprint density at radius 3 is 1.41 bits per heavy atom. The third-order valence-corrected chi connectivity index (χ3v) is 5.91. The molecule has 0 spiro atoms. The van der Waals surface area contributed by atoms with Crippen LogP contribution < -0.4 is 18.2 Å². The zero-order valence-electron chi connectivity index (χ0n) is 19.5. The summed E-state index contributed by atoms with van der Waals surface area (Å²) < 4.78 is 0.614. The molecule has 1 aromatic carbocycles. The van der Waals surface area contributed by atoms with Gasteiger partial charge in [0.25, 0.3) is 0 Å². The van der Waals surface area contributed by atoms with Crippen molar-refractivity contribution < 1.29 is 17.0 Å². The molecular weight excluding hydrogens is 376 g/mol. The van der Waals surface area contributed by atoms with Gasteiger partial charge in [0, 0.05) is 5.56 Å². The summed E-state index contributed by atoms with van der Waals surface area (Å²) in [5.41, 5.74) is 1.34. The molecule has 2 N–H and O–H groups in total. The summed E-state index contributed by atoms with van der Waals surface area (Å²) in [7, 11) is 2.15. The van der Waals surface area contributed by atoms with Gasteiger partial charge in [-0.1, -0.05) is 127 Å². The van der Waals surface area contributed by atoms with Gasteiger partial charge in [-0.2, -0.15) is 5.84 Å². The van der Waals surface area contributed by atoms with Crippen LogP contribution in [0.25, 0.3) is 0 Å². The van der Waals surface area contributed by atoms with Gasteiger partial charge in [0.1, 0.15) is 6.54 Å². The topological polar surface area (TPSA) is 26.0 Å². The number of nitrogens with zero attached hydrogens (tertiary/aromatic N) is 1. The van der Waals surface area contributed by atoms with Crippen LogP contribution in [0.5, 0.6) is 0 Å². The van der Waals surface area contributed by atoms with Crippen molar-refractivity contribution >= 4 is 0 Å². The van der Waals surface area contributed by atoms with Gasteiger partial charge in [-0.05, 0) is 12.8 Å². The number of halogens is 1. The molecule has 0 saturated carbocycles.